The number of halogens is 3. The Morgan fingerprint density at radius 2 is 1.71 bits per heavy atom. The molecule has 4 rings (SSSR count). The first-order chi connectivity index (χ1) is 15.1. The molecule has 156 valence electrons. The topological polar surface area (TPSA) is 46.5 Å². The summed E-state index contributed by atoms with van der Waals surface area (Å²) in [5, 5.41) is 8.18. The molecule has 0 saturated heterocycles. The molecule has 0 spiro atoms. The van der Waals surface area contributed by atoms with Gasteiger partial charge >= 0.3 is 0 Å². The summed E-state index contributed by atoms with van der Waals surface area (Å²) in [6.07, 6.45) is 1.73. The van der Waals surface area contributed by atoms with Crippen molar-refractivity contribution in [2.75, 3.05) is 5.43 Å². The zero-order valence-electron chi connectivity index (χ0n) is 16.1. The van der Waals surface area contributed by atoms with Crippen LogP contribution in [0, 0.1) is 0 Å². The molecule has 8 heteroatoms. The van der Waals surface area contributed by atoms with Gasteiger partial charge in [-0.15, -0.1) is 11.3 Å². The second kappa shape index (κ2) is 10.3. The molecule has 0 aliphatic rings. The van der Waals surface area contributed by atoms with Crippen LogP contribution >= 0.6 is 50.5 Å². The Labute approximate surface area is 202 Å². The molecular formula is C23H16BrCl2N3OS. The van der Waals surface area contributed by atoms with Crippen LogP contribution in [0.1, 0.15) is 11.1 Å². The maximum atomic E-state index is 6.18. The molecule has 0 saturated carbocycles. The number of rotatable bonds is 7. The van der Waals surface area contributed by atoms with E-state index in [-0.39, 0.29) is 0 Å². The van der Waals surface area contributed by atoms with Crippen molar-refractivity contribution in [3.8, 4) is 17.0 Å². The number of benzene rings is 3. The van der Waals surface area contributed by atoms with E-state index in [2.05, 4.69) is 31.4 Å². The highest BCUT2D eigenvalue weighted by Gasteiger charge is 2.06. The highest BCUT2D eigenvalue weighted by Crippen LogP contribution is 2.27. The van der Waals surface area contributed by atoms with Crippen LogP contribution in [0.2, 0.25) is 10.0 Å². The molecule has 0 unspecified atom stereocenters. The molecule has 0 aliphatic heterocycles. The molecule has 1 aromatic heterocycles. The molecule has 3 aromatic carbocycles. The van der Waals surface area contributed by atoms with Crippen molar-refractivity contribution in [3.05, 3.63) is 97.8 Å². The smallest absolute Gasteiger partial charge is 0.203 e. The van der Waals surface area contributed by atoms with Crippen molar-refractivity contribution in [2.45, 2.75) is 6.61 Å². The summed E-state index contributed by atoms with van der Waals surface area (Å²) in [6, 6.07) is 21.0. The molecule has 0 fully saturated rings. The van der Waals surface area contributed by atoms with Crippen molar-refractivity contribution >= 4 is 61.8 Å². The summed E-state index contributed by atoms with van der Waals surface area (Å²) in [6.45, 7) is 0.304. The third-order valence-electron chi connectivity index (χ3n) is 4.34. The van der Waals surface area contributed by atoms with E-state index in [1.807, 2.05) is 60.0 Å². The summed E-state index contributed by atoms with van der Waals surface area (Å²) in [5.74, 6) is 0.722. The second-order valence-corrected chi connectivity index (χ2v) is 9.06. The van der Waals surface area contributed by atoms with Crippen LogP contribution in [0.25, 0.3) is 11.3 Å². The van der Waals surface area contributed by atoms with Gasteiger partial charge in [0.1, 0.15) is 12.4 Å². The summed E-state index contributed by atoms with van der Waals surface area (Å²) in [7, 11) is 0. The molecule has 4 nitrogen and oxygen atoms in total. The minimum Gasteiger partial charge on any atom is -0.489 e. The zero-order chi connectivity index (χ0) is 21.6. The van der Waals surface area contributed by atoms with E-state index in [0.717, 1.165) is 37.7 Å². The number of aromatic nitrogens is 1. The Morgan fingerprint density at radius 1 is 1.00 bits per heavy atom. The predicted molar refractivity (Wildman–Crippen MR) is 134 cm³/mol. The predicted octanol–water partition coefficient (Wildman–Crippen LogP) is 7.90. The monoisotopic (exact) mass is 531 g/mol. The summed E-state index contributed by atoms with van der Waals surface area (Å²) >= 11 is 17.3. The van der Waals surface area contributed by atoms with Gasteiger partial charge in [0.25, 0.3) is 0 Å². The lowest BCUT2D eigenvalue weighted by Crippen LogP contribution is -1.97. The number of nitrogens with one attached hydrogen (secondary N) is 1. The normalized spacial score (nSPS) is 11.1. The Hall–Kier alpha value is -2.38. The van der Waals surface area contributed by atoms with Crippen LogP contribution in [0.15, 0.2) is 81.7 Å². The van der Waals surface area contributed by atoms with Gasteiger partial charge in [0.2, 0.25) is 5.13 Å². The van der Waals surface area contributed by atoms with Gasteiger partial charge in [-0.3, -0.25) is 5.43 Å². The van der Waals surface area contributed by atoms with Gasteiger partial charge in [-0.2, -0.15) is 5.10 Å². The van der Waals surface area contributed by atoms with Crippen molar-refractivity contribution < 1.29 is 4.74 Å². The Bertz CT molecular complexity index is 1170. The quantitative estimate of drug-likeness (QED) is 0.194. The average molecular weight is 533 g/mol. The SMILES string of the molecule is Clc1cccc(Cl)c1COc1ccc(/C=N\Nc2nc(-c3ccc(Br)cc3)cs2)cc1. The third kappa shape index (κ3) is 5.86. The van der Waals surface area contributed by atoms with E-state index >= 15 is 0 Å². The van der Waals surface area contributed by atoms with Gasteiger partial charge in [-0.1, -0.05) is 57.3 Å². The number of hydrazone groups is 1. The lowest BCUT2D eigenvalue weighted by atomic mass is 10.2. The van der Waals surface area contributed by atoms with Gasteiger partial charge in [0.15, 0.2) is 0 Å². The second-order valence-electron chi connectivity index (χ2n) is 6.47. The lowest BCUT2D eigenvalue weighted by molar-refractivity contribution is 0.306. The molecular weight excluding hydrogens is 517 g/mol. The Morgan fingerprint density at radius 3 is 2.42 bits per heavy atom. The molecule has 0 amide bonds. The molecule has 1 N–H and O–H groups in total. The van der Waals surface area contributed by atoms with Gasteiger partial charge in [-0.25, -0.2) is 4.98 Å². The van der Waals surface area contributed by atoms with E-state index in [0.29, 0.717) is 16.7 Å². The van der Waals surface area contributed by atoms with Crippen molar-refractivity contribution in [2.24, 2.45) is 5.10 Å². The van der Waals surface area contributed by atoms with Crippen molar-refractivity contribution in [3.63, 3.8) is 0 Å². The van der Waals surface area contributed by atoms with Crippen LogP contribution < -0.4 is 10.2 Å². The fourth-order valence-corrected chi connectivity index (χ4v) is 4.16. The number of hydrogen-bond donors (Lipinski definition) is 1. The van der Waals surface area contributed by atoms with Crippen LogP contribution in [-0.2, 0) is 6.61 Å². The van der Waals surface area contributed by atoms with Crippen LogP contribution in [0.3, 0.4) is 0 Å². The van der Waals surface area contributed by atoms with Crippen molar-refractivity contribution in [1.82, 2.24) is 4.98 Å². The van der Waals surface area contributed by atoms with Crippen LogP contribution in [0.5, 0.6) is 5.75 Å². The number of ether oxygens (including phenoxy) is 1. The van der Waals surface area contributed by atoms with Crippen molar-refractivity contribution in [1.29, 1.82) is 0 Å². The van der Waals surface area contributed by atoms with Gasteiger partial charge in [0, 0.05) is 31.0 Å². The van der Waals surface area contributed by atoms with E-state index < -0.39 is 0 Å². The number of thiazole rings is 1. The van der Waals surface area contributed by atoms with Gasteiger partial charge in [-0.05, 0) is 54.1 Å². The van der Waals surface area contributed by atoms with Gasteiger partial charge in [0.05, 0.1) is 11.9 Å². The van der Waals surface area contributed by atoms with Crippen LogP contribution in [-0.4, -0.2) is 11.2 Å². The fourth-order valence-electron chi connectivity index (χ4n) is 2.72. The summed E-state index contributed by atoms with van der Waals surface area (Å²) < 4.78 is 6.83. The highest BCUT2D eigenvalue weighted by molar-refractivity contribution is 9.10. The lowest BCUT2D eigenvalue weighted by Gasteiger charge is -2.09. The maximum absolute atomic E-state index is 6.18. The third-order valence-corrected chi connectivity index (χ3v) is 6.33. The van der Waals surface area contributed by atoms with E-state index in [1.54, 1.807) is 18.3 Å². The molecule has 0 radical (unpaired) electrons. The minimum atomic E-state index is 0.304. The standard InChI is InChI=1S/C23H16BrCl2N3OS/c24-17-8-6-16(7-9-17)22-14-31-23(28-22)29-27-12-15-4-10-18(11-5-15)30-13-19-20(25)2-1-3-21(19)26/h1-12,14H,13H2,(H,28,29)/b27-12-. The summed E-state index contributed by atoms with van der Waals surface area (Å²) in [4.78, 5) is 4.56. The largest absolute Gasteiger partial charge is 0.489 e. The fraction of sp³-hybridized carbons (Fsp3) is 0.0435. The maximum Gasteiger partial charge on any atom is 0.203 e. The Balaban J connectivity index is 1.32. The first kappa shape index (κ1) is 21.8. The molecule has 0 aliphatic carbocycles. The number of nitrogens with zero attached hydrogens (tertiary/aromatic N) is 2. The van der Waals surface area contributed by atoms with Gasteiger partial charge < -0.3 is 4.74 Å². The van der Waals surface area contributed by atoms with Crippen LogP contribution in [0.4, 0.5) is 5.13 Å². The van der Waals surface area contributed by atoms with E-state index in [4.69, 9.17) is 27.9 Å². The number of anilines is 1. The first-order valence-corrected chi connectivity index (χ1v) is 11.7. The average Bonchev–Trinajstić information content (AvgIpc) is 3.24. The number of hydrogen-bond acceptors (Lipinski definition) is 5. The molecule has 0 atom stereocenters. The summed E-state index contributed by atoms with van der Waals surface area (Å²) in [5.41, 5.74) is 6.65. The minimum absolute atomic E-state index is 0.304. The molecule has 31 heavy (non-hydrogen) atoms. The Kier molecular flexibility index (Phi) is 7.25. The molecule has 1 heterocycles. The molecule has 4 aromatic rings. The zero-order valence-corrected chi connectivity index (χ0v) is 20.0. The highest BCUT2D eigenvalue weighted by atomic mass is 79.9. The molecule has 0 bridgehead atoms. The first-order valence-electron chi connectivity index (χ1n) is 9.25. The van der Waals surface area contributed by atoms with E-state index in [9.17, 15) is 0 Å². The van der Waals surface area contributed by atoms with E-state index in [1.165, 1.54) is 11.3 Å².